The van der Waals surface area contributed by atoms with E-state index in [1.165, 1.54) is 0 Å². The van der Waals surface area contributed by atoms with E-state index >= 15 is 0 Å². The molecule has 1 heterocycles. The Kier molecular flexibility index (Phi) is 10.8. The molecule has 1 aromatic rings. The molecule has 1 aliphatic heterocycles. The first-order valence-electron chi connectivity index (χ1n) is 12.3. The van der Waals surface area contributed by atoms with Crippen LogP contribution in [0.2, 0.25) is 18.1 Å². The minimum absolute atomic E-state index is 0.0329. The summed E-state index contributed by atoms with van der Waals surface area (Å²) in [6.45, 7) is 16.8. The molecule has 0 spiro atoms. The third kappa shape index (κ3) is 8.08. The van der Waals surface area contributed by atoms with Gasteiger partial charge >= 0.3 is 0 Å². The van der Waals surface area contributed by atoms with Crippen molar-refractivity contribution >= 4 is 18.2 Å². The van der Waals surface area contributed by atoms with Crippen LogP contribution in [-0.4, -0.2) is 40.8 Å². The molecule has 1 aromatic carbocycles. The lowest BCUT2D eigenvalue weighted by Gasteiger charge is -2.34. The highest BCUT2D eigenvalue weighted by Gasteiger charge is 2.34. The van der Waals surface area contributed by atoms with Gasteiger partial charge in [0, 0.05) is 12.5 Å². The summed E-state index contributed by atoms with van der Waals surface area (Å²) < 4.78 is 38.3. The number of hydrogen-bond donors (Lipinski definition) is 0. The van der Waals surface area contributed by atoms with Gasteiger partial charge in [-0.1, -0.05) is 52.1 Å². The normalized spacial score (nSPS) is 19.9. The van der Waals surface area contributed by atoms with E-state index in [1.807, 2.05) is 6.07 Å². The Hall–Kier alpha value is -1.43. The lowest BCUT2D eigenvalue weighted by molar-refractivity contribution is 0.0380. The Morgan fingerprint density at radius 3 is 2.39 bits per heavy atom. The zero-order chi connectivity index (χ0) is 24.5. The molecular weight excluding hydrogens is 448 g/mol. The van der Waals surface area contributed by atoms with Gasteiger partial charge in [-0.2, -0.15) is 0 Å². The third-order valence-electron chi connectivity index (χ3n) is 7.05. The summed E-state index contributed by atoms with van der Waals surface area (Å²) >= 11 is 0. The van der Waals surface area contributed by atoms with E-state index in [0.717, 1.165) is 55.0 Å². The van der Waals surface area contributed by atoms with Gasteiger partial charge in [0.25, 0.3) is 0 Å². The summed E-state index contributed by atoms with van der Waals surface area (Å²) in [5.74, 6) is 0.0916. The molecule has 1 aliphatic rings. The molecule has 1 saturated heterocycles. The fraction of sp³-hybridized carbons (Fsp3) is 0.593. The largest absolute Gasteiger partial charge is 0.414 e. The van der Waals surface area contributed by atoms with E-state index in [4.69, 9.17) is 9.16 Å². The molecule has 0 N–H and O–H groups in total. The predicted octanol–water partition coefficient (Wildman–Crippen LogP) is 6.86. The van der Waals surface area contributed by atoms with Crippen molar-refractivity contribution in [2.75, 3.05) is 5.75 Å². The highest BCUT2D eigenvalue weighted by Crippen LogP contribution is 2.33. The van der Waals surface area contributed by atoms with Gasteiger partial charge < -0.3 is 9.16 Å². The SMILES string of the molecule is C=C=C(C)CC(CCC1OC(CCS(=O)(=O)c2ccccc2)CC1=C)O[Si](CC)(CC)CC. The fourth-order valence-corrected chi connectivity index (χ4v) is 8.87. The van der Waals surface area contributed by atoms with Crippen molar-refractivity contribution in [2.24, 2.45) is 0 Å². The van der Waals surface area contributed by atoms with Gasteiger partial charge in [-0.25, -0.2) is 8.42 Å². The Morgan fingerprint density at radius 1 is 1.18 bits per heavy atom. The van der Waals surface area contributed by atoms with Crippen LogP contribution in [0.15, 0.2) is 65.3 Å². The molecular formula is C27H42O4SSi. The molecule has 0 bridgehead atoms. The molecule has 33 heavy (non-hydrogen) atoms. The molecule has 0 saturated carbocycles. The van der Waals surface area contributed by atoms with Gasteiger partial charge in [0.05, 0.1) is 22.9 Å². The van der Waals surface area contributed by atoms with Crippen LogP contribution >= 0.6 is 0 Å². The van der Waals surface area contributed by atoms with Crippen LogP contribution < -0.4 is 0 Å². The van der Waals surface area contributed by atoms with Crippen molar-refractivity contribution in [1.29, 1.82) is 0 Å². The van der Waals surface area contributed by atoms with E-state index in [9.17, 15) is 8.42 Å². The first kappa shape index (κ1) is 27.8. The minimum atomic E-state index is -3.29. The Balaban J connectivity index is 1.95. The van der Waals surface area contributed by atoms with Gasteiger partial charge in [-0.05, 0) is 74.0 Å². The molecule has 0 aliphatic carbocycles. The molecule has 0 aromatic heterocycles. The zero-order valence-corrected chi connectivity index (χ0v) is 22.8. The second kappa shape index (κ2) is 12.9. The lowest BCUT2D eigenvalue weighted by atomic mass is 10.00. The van der Waals surface area contributed by atoms with Gasteiger partial charge in [-0.3, -0.25) is 0 Å². The molecule has 2 rings (SSSR count). The maximum atomic E-state index is 12.6. The van der Waals surface area contributed by atoms with Crippen LogP contribution in [0.25, 0.3) is 0 Å². The summed E-state index contributed by atoms with van der Waals surface area (Å²) in [5, 5.41) is 0. The number of benzene rings is 1. The highest BCUT2D eigenvalue weighted by molar-refractivity contribution is 7.91. The number of rotatable bonds is 14. The Labute approximate surface area is 202 Å². The fourth-order valence-electron chi connectivity index (χ4n) is 4.58. The number of sulfone groups is 1. The molecule has 0 radical (unpaired) electrons. The first-order chi connectivity index (χ1) is 15.7. The molecule has 3 atom stereocenters. The van der Waals surface area contributed by atoms with Crippen molar-refractivity contribution < 1.29 is 17.6 Å². The summed E-state index contributed by atoms with van der Waals surface area (Å²) in [6, 6.07) is 12.0. The smallest absolute Gasteiger partial charge is 0.192 e. The monoisotopic (exact) mass is 490 g/mol. The van der Waals surface area contributed by atoms with Crippen LogP contribution in [0.3, 0.4) is 0 Å². The number of ether oxygens (including phenoxy) is 1. The van der Waals surface area contributed by atoms with Crippen LogP contribution in [0.4, 0.5) is 0 Å². The molecule has 3 unspecified atom stereocenters. The molecule has 184 valence electrons. The summed E-state index contributed by atoms with van der Waals surface area (Å²) in [7, 11) is -5.02. The second-order valence-electron chi connectivity index (χ2n) is 9.25. The quantitative estimate of drug-likeness (QED) is 0.162. The van der Waals surface area contributed by atoms with Crippen molar-refractivity contribution in [3.63, 3.8) is 0 Å². The van der Waals surface area contributed by atoms with Crippen LogP contribution in [0.1, 0.15) is 59.8 Å². The van der Waals surface area contributed by atoms with Crippen molar-refractivity contribution in [3.8, 4) is 0 Å². The molecule has 4 nitrogen and oxygen atoms in total. The zero-order valence-electron chi connectivity index (χ0n) is 20.9. The van der Waals surface area contributed by atoms with E-state index in [0.29, 0.717) is 11.3 Å². The molecule has 6 heteroatoms. The average Bonchev–Trinajstić information content (AvgIpc) is 3.19. The Bertz CT molecular complexity index is 906. The van der Waals surface area contributed by atoms with Crippen molar-refractivity contribution in [2.45, 2.75) is 101 Å². The molecule has 0 amide bonds. The summed E-state index contributed by atoms with van der Waals surface area (Å²) in [6.07, 6.45) is 3.81. The third-order valence-corrected chi connectivity index (χ3v) is 13.5. The lowest BCUT2D eigenvalue weighted by Crippen LogP contribution is -2.40. The number of hydrogen-bond acceptors (Lipinski definition) is 4. The second-order valence-corrected chi connectivity index (χ2v) is 16.1. The van der Waals surface area contributed by atoms with E-state index in [2.05, 4.69) is 46.6 Å². The van der Waals surface area contributed by atoms with Crippen LogP contribution in [-0.2, 0) is 19.0 Å². The van der Waals surface area contributed by atoms with Crippen LogP contribution in [0.5, 0.6) is 0 Å². The maximum Gasteiger partial charge on any atom is 0.192 e. The van der Waals surface area contributed by atoms with Gasteiger partial charge in [0.2, 0.25) is 0 Å². The summed E-state index contributed by atoms with van der Waals surface area (Å²) in [4.78, 5) is 0.374. The van der Waals surface area contributed by atoms with Crippen molar-refractivity contribution in [3.05, 3.63) is 60.4 Å². The highest BCUT2D eigenvalue weighted by atomic mass is 32.2. The Morgan fingerprint density at radius 2 is 1.82 bits per heavy atom. The topological polar surface area (TPSA) is 52.6 Å². The average molecular weight is 491 g/mol. The standard InChI is InChI=1S/C27H42O4SSi/c1-7-22(5)20-25(31-33(8-2,9-3)10-4)16-17-27-23(6)21-24(30-27)18-19-32(28,29)26-14-12-11-13-15-26/h11-15,24-25,27H,1,6,8-10,16-21H2,2-5H3. The van der Waals surface area contributed by atoms with Gasteiger partial charge in [0.15, 0.2) is 18.2 Å². The molecule has 1 fully saturated rings. The van der Waals surface area contributed by atoms with Gasteiger partial charge in [0.1, 0.15) is 0 Å². The van der Waals surface area contributed by atoms with Crippen molar-refractivity contribution in [1.82, 2.24) is 0 Å². The van der Waals surface area contributed by atoms with E-state index in [-0.39, 0.29) is 24.1 Å². The van der Waals surface area contributed by atoms with E-state index in [1.54, 1.807) is 24.3 Å². The van der Waals surface area contributed by atoms with Crippen LogP contribution in [0, 0.1) is 0 Å². The van der Waals surface area contributed by atoms with E-state index < -0.39 is 18.2 Å². The summed E-state index contributed by atoms with van der Waals surface area (Å²) in [5.41, 5.74) is 5.21. The first-order valence-corrected chi connectivity index (χ1v) is 16.5. The van der Waals surface area contributed by atoms with Gasteiger partial charge in [-0.15, -0.1) is 5.73 Å². The minimum Gasteiger partial charge on any atom is -0.414 e. The maximum absolute atomic E-state index is 12.6. The predicted molar refractivity (Wildman–Crippen MR) is 140 cm³/mol.